The summed E-state index contributed by atoms with van der Waals surface area (Å²) in [5.74, 6) is 0. The lowest BCUT2D eigenvalue weighted by atomic mass is 10.2. The molecular formula is C14H22ClNO2. The Kier molecular flexibility index (Phi) is 6.77. The number of rotatable bonds is 1. The smallest absolute Gasteiger partial charge is 0.412 e. The van der Waals surface area contributed by atoms with Gasteiger partial charge >= 0.3 is 6.09 Å². The highest BCUT2D eigenvalue weighted by Crippen LogP contribution is 2.20. The van der Waals surface area contributed by atoms with E-state index < -0.39 is 11.7 Å². The average Bonchev–Trinajstić information content (AvgIpc) is 2.22. The van der Waals surface area contributed by atoms with Crippen LogP contribution in [0, 0.1) is 6.92 Å². The highest BCUT2D eigenvalue weighted by Gasteiger charge is 2.16. The van der Waals surface area contributed by atoms with Crippen LogP contribution >= 0.6 is 11.6 Å². The van der Waals surface area contributed by atoms with Gasteiger partial charge < -0.3 is 4.74 Å². The molecule has 0 fully saturated rings. The number of carbonyl (C=O) groups is 1. The molecule has 1 N–H and O–H groups in total. The molecule has 0 aromatic heterocycles. The maximum Gasteiger partial charge on any atom is 0.412 e. The van der Waals surface area contributed by atoms with Crippen LogP contribution in [0.2, 0.25) is 5.02 Å². The van der Waals surface area contributed by atoms with Crippen molar-refractivity contribution in [2.45, 2.75) is 47.1 Å². The van der Waals surface area contributed by atoms with Crippen molar-refractivity contribution in [3.8, 4) is 0 Å². The van der Waals surface area contributed by atoms with Crippen LogP contribution in [0.25, 0.3) is 0 Å². The zero-order valence-electron chi connectivity index (χ0n) is 11.9. The first-order valence-electron chi connectivity index (χ1n) is 6.04. The van der Waals surface area contributed by atoms with E-state index in [1.54, 1.807) is 18.2 Å². The van der Waals surface area contributed by atoms with Crippen LogP contribution in [0.3, 0.4) is 0 Å². The molecule has 0 spiro atoms. The fourth-order valence-corrected chi connectivity index (χ4v) is 1.41. The number of benzene rings is 1. The van der Waals surface area contributed by atoms with Crippen molar-refractivity contribution in [1.29, 1.82) is 0 Å². The molecule has 102 valence electrons. The Labute approximate surface area is 114 Å². The lowest BCUT2D eigenvalue weighted by Gasteiger charge is -2.20. The van der Waals surface area contributed by atoms with Crippen molar-refractivity contribution in [1.82, 2.24) is 0 Å². The third-order valence-corrected chi connectivity index (χ3v) is 2.06. The summed E-state index contributed by atoms with van der Waals surface area (Å²) in [5, 5.41) is 3.32. The molecule has 18 heavy (non-hydrogen) atoms. The lowest BCUT2D eigenvalue weighted by molar-refractivity contribution is 0.0636. The van der Waals surface area contributed by atoms with Gasteiger partial charge in [-0.05, 0) is 51.5 Å². The second kappa shape index (κ2) is 7.27. The number of nitrogens with one attached hydrogen (secondary N) is 1. The van der Waals surface area contributed by atoms with E-state index in [-0.39, 0.29) is 0 Å². The highest BCUT2D eigenvalue weighted by atomic mass is 35.5. The molecule has 0 radical (unpaired) electrons. The predicted octanol–water partition coefficient (Wildman–Crippen LogP) is 5.02. The molecule has 0 atom stereocenters. The number of anilines is 1. The van der Waals surface area contributed by atoms with Gasteiger partial charge in [-0.2, -0.15) is 0 Å². The first-order chi connectivity index (χ1) is 8.28. The Bertz CT molecular complexity index is 397. The van der Waals surface area contributed by atoms with Crippen molar-refractivity contribution in [2.24, 2.45) is 0 Å². The lowest BCUT2D eigenvalue weighted by Crippen LogP contribution is -2.27. The number of aryl methyl sites for hydroxylation is 1. The van der Waals surface area contributed by atoms with Crippen LogP contribution in [-0.4, -0.2) is 11.7 Å². The van der Waals surface area contributed by atoms with Gasteiger partial charge in [0.05, 0.1) is 0 Å². The van der Waals surface area contributed by atoms with E-state index >= 15 is 0 Å². The molecule has 0 aliphatic rings. The molecule has 0 unspecified atom stereocenters. The number of hydrogen-bond acceptors (Lipinski definition) is 2. The number of amides is 1. The molecule has 0 heterocycles. The fraction of sp³-hybridized carbons (Fsp3) is 0.500. The van der Waals surface area contributed by atoms with Crippen molar-refractivity contribution in [2.75, 3.05) is 5.32 Å². The van der Waals surface area contributed by atoms with Crippen molar-refractivity contribution >= 4 is 23.4 Å². The number of hydrogen-bond donors (Lipinski definition) is 1. The van der Waals surface area contributed by atoms with E-state index in [0.29, 0.717) is 10.7 Å². The molecule has 1 rings (SSSR count). The summed E-state index contributed by atoms with van der Waals surface area (Å²) in [4.78, 5) is 11.5. The highest BCUT2D eigenvalue weighted by molar-refractivity contribution is 6.30. The topological polar surface area (TPSA) is 38.3 Å². The van der Waals surface area contributed by atoms with Crippen molar-refractivity contribution < 1.29 is 9.53 Å². The maximum atomic E-state index is 11.5. The zero-order valence-corrected chi connectivity index (χ0v) is 12.7. The van der Waals surface area contributed by atoms with E-state index in [4.69, 9.17) is 16.3 Å². The fourth-order valence-electron chi connectivity index (χ4n) is 1.18. The quantitative estimate of drug-likeness (QED) is 0.779. The molecule has 0 saturated carbocycles. The maximum absolute atomic E-state index is 11.5. The minimum absolute atomic E-state index is 0.460. The minimum atomic E-state index is -0.496. The number of ether oxygens (including phenoxy) is 1. The van der Waals surface area contributed by atoms with Crippen LogP contribution in [0.1, 0.15) is 40.2 Å². The standard InChI is InChI=1S/C12H16ClNO2.C2H6/c1-8-7-9(13)5-6-10(8)14-11(15)16-12(2,3)4;1-2/h5-7H,1-4H3,(H,14,15);1-2H3. The van der Waals surface area contributed by atoms with Gasteiger partial charge in [0.15, 0.2) is 0 Å². The molecular weight excluding hydrogens is 250 g/mol. The first-order valence-corrected chi connectivity index (χ1v) is 6.42. The number of carbonyl (C=O) groups excluding carboxylic acids is 1. The van der Waals surface area contributed by atoms with Crippen LogP contribution < -0.4 is 5.32 Å². The van der Waals surface area contributed by atoms with Crippen molar-refractivity contribution in [3.05, 3.63) is 28.8 Å². The van der Waals surface area contributed by atoms with E-state index in [9.17, 15) is 4.79 Å². The normalized spacial score (nSPS) is 10.2. The zero-order chi connectivity index (χ0) is 14.3. The summed E-state index contributed by atoms with van der Waals surface area (Å²) in [6.45, 7) is 11.3. The van der Waals surface area contributed by atoms with Gasteiger partial charge in [-0.3, -0.25) is 5.32 Å². The van der Waals surface area contributed by atoms with E-state index in [1.807, 2.05) is 41.5 Å². The monoisotopic (exact) mass is 271 g/mol. The third kappa shape index (κ3) is 6.50. The molecule has 0 saturated heterocycles. The van der Waals surface area contributed by atoms with E-state index in [2.05, 4.69) is 5.32 Å². The van der Waals surface area contributed by atoms with Gasteiger partial charge in [-0.1, -0.05) is 25.4 Å². The average molecular weight is 272 g/mol. The first kappa shape index (κ1) is 16.8. The Balaban J connectivity index is 0.00000137. The molecule has 0 aliphatic carbocycles. The van der Waals surface area contributed by atoms with Crippen LogP contribution in [-0.2, 0) is 4.74 Å². The minimum Gasteiger partial charge on any atom is -0.444 e. The van der Waals surface area contributed by atoms with Gasteiger partial charge in [0.2, 0.25) is 0 Å². The van der Waals surface area contributed by atoms with Gasteiger partial charge in [-0.15, -0.1) is 0 Å². The van der Waals surface area contributed by atoms with E-state index in [0.717, 1.165) is 5.56 Å². The summed E-state index contributed by atoms with van der Waals surface area (Å²) in [7, 11) is 0. The predicted molar refractivity (Wildman–Crippen MR) is 77.4 cm³/mol. The Morgan fingerprint density at radius 2 is 1.83 bits per heavy atom. The van der Waals surface area contributed by atoms with Gasteiger partial charge in [0, 0.05) is 10.7 Å². The molecule has 4 heteroatoms. The summed E-state index contributed by atoms with van der Waals surface area (Å²) in [6.07, 6.45) is -0.460. The molecule has 0 bridgehead atoms. The van der Waals surface area contributed by atoms with Crippen LogP contribution in [0.15, 0.2) is 18.2 Å². The Morgan fingerprint density at radius 3 is 2.28 bits per heavy atom. The van der Waals surface area contributed by atoms with E-state index in [1.165, 1.54) is 0 Å². The number of halogens is 1. The van der Waals surface area contributed by atoms with Gasteiger partial charge in [0.25, 0.3) is 0 Å². The summed E-state index contributed by atoms with van der Waals surface area (Å²) in [5.41, 5.74) is 1.11. The summed E-state index contributed by atoms with van der Waals surface area (Å²) < 4.78 is 5.14. The Hall–Kier alpha value is -1.22. The molecule has 3 nitrogen and oxygen atoms in total. The largest absolute Gasteiger partial charge is 0.444 e. The second-order valence-corrected chi connectivity index (χ2v) is 5.02. The van der Waals surface area contributed by atoms with Gasteiger partial charge in [0.1, 0.15) is 5.60 Å². The van der Waals surface area contributed by atoms with Crippen molar-refractivity contribution in [3.63, 3.8) is 0 Å². The Morgan fingerprint density at radius 1 is 1.28 bits per heavy atom. The SMILES string of the molecule is CC.Cc1cc(Cl)ccc1NC(=O)OC(C)(C)C. The molecule has 0 aliphatic heterocycles. The second-order valence-electron chi connectivity index (χ2n) is 4.59. The third-order valence-electron chi connectivity index (χ3n) is 1.82. The molecule has 1 amide bonds. The van der Waals surface area contributed by atoms with Crippen LogP contribution in [0.5, 0.6) is 0 Å². The summed E-state index contributed by atoms with van der Waals surface area (Å²) >= 11 is 5.82. The van der Waals surface area contributed by atoms with Gasteiger partial charge in [-0.25, -0.2) is 4.79 Å². The van der Waals surface area contributed by atoms with Crippen LogP contribution in [0.4, 0.5) is 10.5 Å². The summed E-state index contributed by atoms with van der Waals surface area (Å²) in [6, 6.07) is 5.26. The molecule has 1 aromatic carbocycles. The molecule has 1 aromatic rings.